The van der Waals surface area contributed by atoms with Crippen LogP contribution in [0.1, 0.15) is 55.2 Å². The number of pyridine rings is 1. The molecule has 3 aromatic heterocycles. The Labute approximate surface area is 200 Å². The number of aromatic nitrogens is 4. The fourth-order valence-electron chi connectivity index (χ4n) is 5.28. The van der Waals surface area contributed by atoms with Crippen LogP contribution >= 0.6 is 0 Å². The predicted octanol–water partition coefficient (Wildman–Crippen LogP) is 4.58. The number of nitrogens with one attached hydrogen (secondary N) is 1. The first-order valence-corrected chi connectivity index (χ1v) is 12.2. The number of likely N-dealkylation sites (N-methyl/N-ethyl adjacent to an activating group) is 1. The zero-order valence-electron chi connectivity index (χ0n) is 20.8. The van der Waals surface area contributed by atoms with Crippen LogP contribution in [-0.4, -0.2) is 69.0 Å². The Kier molecular flexibility index (Phi) is 5.90. The second-order valence-corrected chi connectivity index (χ2v) is 10.2. The van der Waals surface area contributed by atoms with Crippen molar-refractivity contribution < 1.29 is 4.79 Å². The summed E-state index contributed by atoms with van der Waals surface area (Å²) in [5, 5.41) is 9.55. The topological polar surface area (TPSA) is 69.5 Å². The van der Waals surface area contributed by atoms with Crippen molar-refractivity contribution in [3.63, 3.8) is 0 Å². The predicted molar refractivity (Wildman–Crippen MR) is 136 cm³/mol. The van der Waals surface area contributed by atoms with E-state index >= 15 is 0 Å². The summed E-state index contributed by atoms with van der Waals surface area (Å²) in [6.45, 7) is 9.14. The van der Waals surface area contributed by atoms with Gasteiger partial charge in [0.2, 0.25) is 5.91 Å². The number of amides is 1. The van der Waals surface area contributed by atoms with E-state index in [1.54, 1.807) is 11.2 Å². The van der Waals surface area contributed by atoms with Gasteiger partial charge in [0.05, 0.1) is 12.2 Å². The fraction of sp³-hybridized carbons (Fsp3) is 0.444. The first-order chi connectivity index (χ1) is 16.3. The molecular weight excluding hydrogens is 424 g/mol. The van der Waals surface area contributed by atoms with Crippen LogP contribution in [0.3, 0.4) is 0 Å². The second kappa shape index (κ2) is 8.87. The van der Waals surface area contributed by atoms with Gasteiger partial charge in [-0.05, 0) is 79.6 Å². The molecule has 1 aliphatic rings. The molecule has 0 unspecified atom stereocenters. The van der Waals surface area contributed by atoms with Crippen molar-refractivity contribution in [3.8, 4) is 11.3 Å². The van der Waals surface area contributed by atoms with Gasteiger partial charge < -0.3 is 9.88 Å². The van der Waals surface area contributed by atoms with Crippen molar-refractivity contribution in [1.29, 1.82) is 0 Å². The molecular formula is C27H34N6O. The minimum absolute atomic E-state index is 0.182. The highest BCUT2D eigenvalue weighted by Gasteiger charge is 2.24. The number of aromatic amines is 1. The zero-order valence-corrected chi connectivity index (χ0v) is 20.8. The summed E-state index contributed by atoms with van der Waals surface area (Å²) in [5.74, 6) is 1.10. The quantitative estimate of drug-likeness (QED) is 0.475. The number of fused-ring (bicyclic) bond motifs is 2. The maximum Gasteiger partial charge on any atom is 0.236 e. The Balaban J connectivity index is 1.46. The number of carbonyl (C=O) groups is 1. The summed E-state index contributed by atoms with van der Waals surface area (Å²) < 4.78 is 1.98. The molecule has 1 N–H and O–H groups in total. The van der Waals surface area contributed by atoms with E-state index in [4.69, 9.17) is 0 Å². The van der Waals surface area contributed by atoms with Crippen molar-refractivity contribution in [2.24, 2.45) is 0 Å². The zero-order chi connectivity index (χ0) is 24.0. The van der Waals surface area contributed by atoms with E-state index in [0.29, 0.717) is 18.4 Å². The maximum absolute atomic E-state index is 12.1. The molecule has 7 nitrogen and oxygen atoms in total. The summed E-state index contributed by atoms with van der Waals surface area (Å²) in [6.07, 6.45) is 6.06. The lowest BCUT2D eigenvalue weighted by molar-refractivity contribution is -0.130. The molecule has 1 saturated heterocycles. The van der Waals surface area contributed by atoms with Gasteiger partial charge in [-0.25, -0.2) is 0 Å². The number of rotatable bonds is 5. The lowest BCUT2D eigenvalue weighted by Gasteiger charge is -2.32. The summed E-state index contributed by atoms with van der Waals surface area (Å²) in [7, 11) is 3.65. The highest BCUT2D eigenvalue weighted by atomic mass is 16.2. The standard InChI is InChI=1S/C27H34N6O/c1-17(2)26-21-13-20(19-8-10-32(11-9-19)15-25(34)31(4)5)6-7-23(21)29-27(26)22-14-33-16-28-30-24(33)12-18(22)3/h6-7,12-14,16-17,19,29H,8-11,15H2,1-5H3. The van der Waals surface area contributed by atoms with Gasteiger partial charge in [-0.3, -0.25) is 14.1 Å². The van der Waals surface area contributed by atoms with Crippen LogP contribution in [0.5, 0.6) is 0 Å². The summed E-state index contributed by atoms with van der Waals surface area (Å²) in [6, 6.07) is 9.03. The summed E-state index contributed by atoms with van der Waals surface area (Å²) in [5.41, 5.74) is 8.38. The van der Waals surface area contributed by atoms with Gasteiger partial charge in [-0.15, -0.1) is 10.2 Å². The lowest BCUT2D eigenvalue weighted by atomic mass is 9.87. The average Bonchev–Trinajstić information content (AvgIpc) is 3.42. The molecule has 0 spiro atoms. The molecule has 1 aromatic carbocycles. The van der Waals surface area contributed by atoms with Crippen LogP contribution in [0, 0.1) is 6.92 Å². The van der Waals surface area contributed by atoms with Gasteiger partial charge in [0.15, 0.2) is 5.65 Å². The third-order valence-electron chi connectivity index (χ3n) is 7.27. The van der Waals surface area contributed by atoms with E-state index in [-0.39, 0.29) is 5.91 Å². The van der Waals surface area contributed by atoms with E-state index in [0.717, 1.165) is 31.6 Å². The first-order valence-electron chi connectivity index (χ1n) is 12.2. The average molecular weight is 459 g/mol. The lowest BCUT2D eigenvalue weighted by Crippen LogP contribution is -2.40. The maximum atomic E-state index is 12.1. The highest BCUT2D eigenvalue weighted by molar-refractivity contribution is 5.92. The number of likely N-dealkylation sites (tertiary alicyclic amines) is 1. The van der Waals surface area contributed by atoms with Crippen molar-refractivity contribution in [3.05, 3.63) is 53.5 Å². The first kappa shape index (κ1) is 22.6. The van der Waals surface area contributed by atoms with Crippen LogP contribution < -0.4 is 0 Å². The minimum Gasteiger partial charge on any atom is -0.354 e. The number of nitrogens with zero attached hydrogens (tertiary/aromatic N) is 5. The van der Waals surface area contributed by atoms with E-state index in [2.05, 4.69) is 71.3 Å². The van der Waals surface area contributed by atoms with Crippen LogP contribution in [0.2, 0.25) is 0 Å². The normalized spacial score (nSPS) is 15.6. The monoisotopic (exact) mass is 458 g/mol. The Morgan fingerprint density at radius 2 is 1.97 bits per heavy atom. The SMILES string of the molecule is Cc1cc2nncn2cc1-c1[nH]c2ccc(C3CCN(CC(=O)N(C)C)CC3)cc2c1C(C)C. The number of hydrogen-bond acceptors (Lipinski definition) is 4. The van der Waals surface area contributed by atoms with Gasteiger partial charge in [-0.1, -0.05) is 19.9 Å². The molecule has 0 aliphatic carbocycles. The molecule has 1 fully saturated rings. The van der Waals surface area contributed by atoms with Gasteiger partial charge in [0, 0.05) is 36.8 Å². The molecule has 178 valence electrons. The third-order valence-corrected chi connectivity index (χ3v) is 7.27. The Morgan fingerprint density at radius 1 is 1.21 bits per heavy atom. The van der Waals surface area contributed by atoms with E-state index < -0.39 is 0 Å². The van der Waals surface area contributed by atoms with E-state index in [9.17, 15) is 4.79 Å². The molecule has 1 amide bonds. The Bertz CT molecular complexity index is 1340. The van der Waals surface area contributed by atoms with Crippen LogP contribution in [-0.2, 0) is 4.79 Å². The van der Waals surface area contributed by atoms with Gasteiger partial charge in [0.25, 0.3) is 0 Å². The van der Waals surface area contributed by atoms with Gasteiger partial charge >= 0.3 is 0 Å². The smallest absolute Gasteiger partial charge is 0.236 e. The molecule has 4 heterocycles. The van der Waals surface area contributed by atoms with Gasteiger partial charge in [-0.2, -0.15) is 0 Å². The van der Waals surface area contributed by atoms with Crippen molar-refractivity contribution in [1.82, 2.24) is 29.4 Å². The number of benzene rings is 1. The summed E-state index contributed by atoms with van der Waals surface area (Å²) >= 11 is 0. The molecule has 34 heavy (non-hydrogen) atoms. The largest absolute Gasteiger partial charge is 0.354 e. The summed E-state index contributed by atoms with van der Waals surface area (Å²) in [4.78, 5) is 19.8. The molecule has 0 radical (unpaired) electrons. The second-order valence-electron chi connectivity index (χ2n) is 10.2. The molecule has 0 bridgehead atoms. The van der Waals surface area contributed by atoms with Gasteiger partial charge in [0.1, 0.15) is 6.33 Å². The molecule has 0 atom stereocenters. The number of hydrogen-bond donors (Lipinski definition) is 1. The van der Waals surface area contributed by atoms with Crippen LogP contribution in [0.4, 0.5) is 0 Å². The Morgan fingerprint density at radius 3 is 2.68 bits per heavy atom. The molecule has 4 aromatic rings. The van der Waals surface area contributed by atoms with Crippen molar-refractivity contribution >= 4 is 22.5 Å². The van der Waals surface area contributed by atoms with Crippen LogP contribution in [0.25, 0.3) is 27.8 Å². The third kappa shape index (κ3) is 4.09. The highest BCUT2D eigenvalue weighted by Crippen LogP contribution is 2.39. The van der Waals surface area contributed by atoms with Crippen LogP contribution in [0.15, 0.2) is 36.8 Å². The number of piperidine rings is 1. The number of aryl methyl sites for hydroxylation is 1. The molecule has 7 heteroatoms. The number of carbonyl (C=O) groups excluding carboxylic acids is 1. The van der Waals surface area contributed by atoms with E-state index in [1.165, 1.54) is 38.9 Å². The molecule has 5 rings (SSSR count). The van der Waals surface area contributed by atoms with Crippen molar-refractivity contribution in [2.75, 3.05) is 33.7 Å². The van der Waals surface area contributed by atoms with E-state index in [1.807, 2.05) is 18.5 Å². The molecule has 1 aliphatic heterocycles. The number of H-pyrrole nitrogens is 1. The Hall–Kier alpha value is -3.19. The molecule has 0 saturated carbocycles. The van der Waals surface area contributed by atoms with Crippen molar-refractivity contribution in [2.45, 2.75) is 45.4 Å². The minimum atomic E-state index is 0.182. The fourth-order valence-corrected chi connectivity index (χ4v) is 5.28.